The Hall–Kier alpha value is -3.47. The maximum absolute atomic E-state index is 13.2. The Balaban J connectivity index is 1.57. The van der Waals surface area contributed by atoms with Gasteiger partial charge in [0.15, 0.2) is 12.2 Å². The molecule has 0 bridgehead atoms. The van der Waals surface area contributed by atoms with E-state index in [0.717, 1.165) is 33.0 Å². The van der Waals surface area contributed by atoms with E-state index in [9.17, 15) is 9.90 Å². The van der Waals surface area contributed by atoms with E-state index in [2.05, 4.69) is 0 Å². The Bertz CT molecular complexity index is 1310. The zero-order valence-corrected chi connectivity index (χ0v) is 18.6. The second-order valence-electron chi connectivity index (χ2n) is 8.56. The minimum absolute atomic E-state index is 0.542. The number of rotatable bonds is 4. The molecular weight excluding hydrogens is 412 g/mol. The maximum atomic E-state index is 13.2. The first-order valence-electron chi connectivity index (χ1n) is 11.2. The number of esters is 1. The topological polar surface area (TPSA) is 55.8 Å². The predicted molar refractivity (Wildman–Crippen MR) is 128 cm³/mol. The van der Waals surface area contributed by atoms with Gasteiger partial charge in [-0.15, -0.1) is 0 Å². The van der Waals surface area contributed by atoms with E-state index in [0.29, 0.717) is 5.56 Å². The molecule has 1 aliphatic rings. The van der Waals surface area contributed by atoms with Gasteiger partial charge in [0.05, 0.1) is 0 Å². The summed E-state index contributed by atoms with van der Waals surface area (Å²) in [5, 5.41) is 13.2. The minimum Gasteiger partial charge on any atom is -0.452 e. The molecule has 5 rings (SSSR count). The highest BCUT2D eigenvalue weighted by molar-refractivity contribution is 5.87. The van der Waals surface area contributed by atoms with Crippen LogP contribution in [0.2, 0.25) is 0 Å². The first kappa shape index (κ1) is 21.4. The number of hydrogen-bond donors (Lipinski definition) is 1. The molecule has 4 aromatic rings. The van der Waals surface area contributed by atoms with Crippen molar-refractivity contribution in [3.63, 3.8) is 0 Å². The van der Waals surface area contributed by atoms with Crippen LogP contribution in [-0.4, -0.2) is 17.2 Å². The van der Waals surface area contributed by atoms with E-state index < -0.39 is 30.4 Å². The van der Waals surface area contributed by atoms with E-state index in [-0.39, 0.29) is 0 Å². The zero-order chi connectivity index (χ0) is 22.9. The van der Waals surface area contributed by atoms with E-state index in [1.54, 1.807) is 0 Å². The summed E-state index contributed by atoms with van der Waals surface area (Å²) in [6, 6.07) is 29.3. The number of cyclic esters (lactones) is 1. The SMILES string of the molecule is Cc1ccccc1[C@@H]1OC(=O)[C@H]([C@@H](O)c2cccc3ccccc23)O[C@H]1c1ccccc1C. The fourth-order valence-corrected chi connectivity index (χ4v) is 4.69. The van der Waals surface area contributed by atoms with Gasteiger partial charge in [0, 0.05) is 0 Å². The molecule has 1 N–H and O–H groups in total. The number of hydrogen-bond acceptors (Lipinski definition) is 4. The van der Waals surface area contributed by atoms with Gasteiger partial charge in [-0.1, -0.05) is 91.0 Å². The molecule has 1 saturated heterocycles. The number of aryl methyl sites for hydroxylation is 2. The molecule has 0 aromatic heterocycles. The van der Waals surface area contributed by atoms with E-state index >= 15 is 0 Å². The quantitative estimate of drug-likeness (QED) is 0.402. The summed E-state index contributed by atoms with van der Waals surface area (Å²) >= 11 is 0. The Kier molecular flexibility index (Phi) is 5.71. The Labute approximate surface area is 193 Å². The lowest BCUT2D eigenvalue weighted by molar-refractivity contribution is -0.217. The number of ether oxygens (including phenoxy) is 2. The third-order valence-corrected chi connectivity index (χ3v) is 6.46. The fourth-order valence-electron chi connectivity index (χ4n) is 4.69. The predicted octanol–water partition coefficient (Wildman–Crippen LogP) is 5.91. The van der Waals surface area contributed by atoms with Crippen LogP contribution in [0.25, 0.3) is 10.8 Å². The van der Waals surface area contributed by atoms with Gasteiger partial charge < -0.3 is 14.6 Å². The summed E-state index contributed by atoms with van der Waals surface area (Å²) in [5.74, 6) is -0.562. The van der Waals surface area contributed by atoms with Crippen molar-refractivity contribution < 1.29 is 19.4 Å². The monoisotopic (exact) mass is 438 g/mol. The number of aliphatic hydroxyl groups excluding tert-OH is 1. The summed E-state index contributed by atoms with van der Waals surface area (Å²) in [6.07, 6.45) is -3.44. The maximum Gasteiger partial charge on any atom is 0.339 e. The first-order chi connectivity index (χ1) is 16.0. The molecule has 0 saturated carbocycles. The molecular formula is C29H26O4. The van der Waals surface area contributed by atoms with Gasteiger partial charge in [-0.2, -0.15) is 0 Å². The molecule has 4 atom stereocenters. The highest BCUT2D eigenvalue weighted by Crippen LogP contribution is 2.44. The van der Waals surface area contributed by atoms with Gasteiger partial charge >= 0.3 is 5.97 Å². The van der Waals surface area contributed by atoms with Crippen LogP contribution < -0.4 is 0 Å². The highest BCUT2D eigenvalue weighted by Gasteiger charge is 2.44. The Morgan fingerprint density at radius 1 is 0.727 bits per heavy atom. The normalized spacial score (nSPS) is 21.5. The third-order valence-electron chi connectivity index (χ3n) is 6.46. The van der Waals surface area contributed by atoms with Crippen LogP contribution in [0.4, 0.5) is 0 Å². The lowest BCUT2D eigenvalue weighted by Crippen LogP contribution is -2.42. The molecule has 1 heterocycles. The Morgan fingerprint density at radius 2 is 1.30 bits per heavy atom. The summed E-state index contributed by atoms with van der Waals surface area (Å²) in [4.78, 5) is 13.2. The molecule has 166 valence electrons. The zero-order valence-electron chi connectivity index (χ0n) is 18.6. The smallest absolute Gasteiger partial charge is 0.339 e. The number of carbonyl (C=O) groups excluding carboxylic acids is 1. The molecule has 33 heavy (non-hydrogen) atoms. The van der Waals surface area contributed by atoms with Crippen LogP contribution in [0, 0.1) is 13.8 Å². The average molecular weight is 439 g/mol. The molecule has 1 aliphatic heterocycles. The molecule has 0 radical (unpaired) electrons. The second kappa shape index (κ2) is 8.81. The van der Waals surface area contributed by atoms with Crippen LogP contribution in [0.3, 0.4) is 0 Å². The van der Waals surface area contributed by atoms with Crippen LogP contribution in [-0.2, 0) is 14.3 Å². The van der Waals surface area contributed by atoms with Crippen molar-refractivity contribution >= 4 is 16.7 Å². The van der Waals surface area contributed by atoms with Crippen LogP contribution >= 0.6 is 0 Å². The molecule has 1 fully saturated rings. The summed E-state index contributed by atoms with van der Waals surface area (Å²) in [7, 11) is 0. The average Bonchev–Trinajstić information content (AvgIpc) is 2.84. The van der Waals surface area contributed by atoms with Gasteiger partial charge in [-0.25, -0.2) is 4.79 Å². The van der Waals surface area contributed by atoms with E-state index in [1.165, 1.54) is 0 Å². The molecule has 0 aliphatic carbocycles. The van der Waals surface area contributed by atoms with Gasteiger partial charge in [-0.3, -0.25) is 0 Å². The summed E-state index contributed by atoms with van der Waals surface area (Å²) < 4.78 is 12.4. The van der Waals surface area contributed by atoms with Gasteiger partial charge in [-0.05, 0) is 52.4 Å². The fraction of sp³-hybridized carbons (Fsp3) is 0.207. The lowest BCUT2D eigenvalue weighted by Gasteiger charge is -2.39. The molecule has 4 heteroatoms. The molecule has 0 spiro atoms. The van der Waals surface area contributed by atoms with Crippen molar-refractivity contribution in [2.24, 2.45) is 0 Å². The van der Waals surface area contributed by atoms with Crippen molar-refractivity contribution in [2.45, 2.75) is 38.3 Å². The van der Waals surface area contributed by atoms with Gasteiger partial charge in [0.1, 0.15) is 12.2 Å². The van der Waals surface area contributed by atoms with Crippen LogP contribution in [0.5, 0.6) is 0 Å². The third kappa shape index (κ3) is 3.92. The minimum atomic E-state index is -1.16. The number of fused-ring (bicyclic) bond motifs is 1. The lowest BCUT2D eigenvalue weighted by atomic mass is 9.90. The van der Waals surface area contributed by atoms with Crippen molar-refractivity contribution in [1.29, 1.82) is 0 Å². The summed E-state index contributed by atoms with van der Waals surface area (Å²) in [6.45, 7) is 4.01. The summed E-state index contributed by atoms with van der Waals surface area (Å²) in [5.41, 5.74) is 4.54. The van der Waals surface area contributed by atoms with Crippen molar-refractivity contribution in [2.75, 3.05) is 0 Å². The molecule has 4 nitrogen and oxygen atoms in total. The molecule has 0 unspecified atom stereocenters. The Morgan fingerprint density at radius 3 is 2.00 bits per heavy atom. The molecule has 4 aromatic carbocycles. The van der Waals surface area contributed by atoms with Crippen LogP contribution in [0.1, 0.15) is 46.1 Å². The second-order valence-corrected chi connectivity index (χ2v) is 8.56. The standard InChI is InChI=1S/C29H26O4/c1-18-10-3-6-14-21(18)26-27(22-15-7-4-11-19(22)2)33-29(31)28(32-26)25(30)24-17-9-13-20-12-5-8-16-23(20)24/h3-17,25-28,30H,1-2H3/t25-,26-,27-,28-/m0/s1. The highest BCUT2D eigenvalue weighted by atomic mass is 16.6. The molecule has 0 amide bonds. The van der Waals surface area contributed by atoms with Crippen molar-refractivity contribution in [3.8, 4) is 0 Å². The van der Waals surface area contributed by atoms with Crippen molar-refractivity contribution in [1.82, 2.24) is 0 Å². The van der Waals surface area contributed by atoms with E-state index in [4.69, 9.17) is 9.47 Å². The number of aliphatic hydroxyl groups is 1. The largest absolute Gasteiger partial charge is 0.452 e. The first-order valence-corrected chi connectivity index (χ1v) is 11.2. The van der Waals surface area contributed by atoms with E-state index in [1.807, 2.05) is 105 Å². The van der Waals surface area contributed by atoms with Crippen LogP contribution in [0.15, 0.2) is 91.0 Å². The van der Waals surface area contributed by atoms with Gasteiger partial charge in [0.2, 0.25) is 0 Å². The number of benzene rings is 4. The number of carbonyl (C=O) groups is 1. The van der Waals surface area contributed by atoms with Crippen molar-refractivity contribution in [3.05, 3.63) is 119 Å². The van der Waals surface area contributed by atoms with Gasteiger partial charge in [0.25, 0.3) is 0 Å².